The molecule has 29 heavy (non-hydrogen) atoms. The second kappa shape index (κ2) is 12.3. The minimum atomic E-state index is -0.320. The third kappa shape index (κ3) is 6.83. The molecule has 0 radical (unpaired) electrons. The number of morpholine rings is 1. The first-order valence-corrected chi connectivity index (χ1v) is 9.73. The topological polar surface area (TPSA) is 79.1 Å². The number of nitrogens with two attached hydrogens (primary N) is 1. The van der Waals surface area contributed by atoms with Crippen molar-refractivity contribution in [3.05, 3.63) is 35.9 Å². The van der Waals surface area contributed by atoms with Gasteiger partial charge in [0.2, 0.25) is 11.8 Å². The molecule has 0 bridgehead atoms. The van der Waals surface area contributed by atoms with Crippen LogP contribution in [0, 0.1) is 5.92 Å². The van der Waals surface area contributed by atoms with Crippen molar-refractivity contribution in [2.75, 3.05) is 59.0 Å². The molecule has 0 spiro atoms. The molecule has 2 heterocycles. The molecule has 0 saturated carbocycles. The van der Waals surface area contributed by atoms with Gasteiger partial charge in [-0.3, -0.25) is 14.5 Å². The van der Waals surface area contributed by atoms with Crippen LogP contribution in [0.15, 0.2) is 30.3 Å². The van der Waals surface area contributed by atoms with Gasteiger partial charge in [0.25, 0.3) is 0 Å². The fourth-order valence-corrected chi connectivity index (χ4v) is 3.63. The van der Waals surface area contributed by atoms with Crippen LogP contribution >= 0.6 is 24.8 Å². The molecule has 2 N–H and O–H groups in total. The van der Waals surface area contributed by atoms with Crippen molar-refractivity contribution < 1.29 is 14.3 Å². The normalized spacial score (nSPS) is 19.5. The first kappa shape index (κ1) is 25.7. The second-order valence-electron chi connectivity index (χ2n) is 7.32. The molecule has 2 unspecified atom stereocenters. The Morgan fingerprint density at radius 2 is 1.52 bits per heavy atom. The molecule has 1 aromatic carbocycles. The van der Waals surface area contributed by atoms with E-state index in [0.29, 0.717) is 45.9 Å². The summed E-state index contributed by atoms with van der Waals surface area (Å²) < 4.78 is 5.32. The summed E-state index contributed by atoms with van der Waals surface area (Å²) in [5.74, 6) is -0.0901. The van der Waals surface area contributed by atoms with Crippen molar-refractivity contribution >= 4 is 36.6 Å². The number of benzene rings is 1. The zero-order chi connectivity index (χ0) is 19.2. The number of hydrogen-bond acceptors (Lipinski definition) is 5. The Labute approximate surface area is 185 Å². The van der Waals surface area contributed by atoms with E-state index >= 15 is 0 Å². The maximum Gasteiger partial charge on any atom is 0.236 e. The average molecular weight is 447 g/mol. The Bertz CT molecular complexity index is 636. The van der Waals surface area contributed by atoms with E-state index in [1.54, 1.807) is 0 Å². The first-order valence-electron chi connectivity index (χ1n) is 9.73. The monoisotopic (exact) mass is 446 g/mol. The summed E-state index contributed by atoms with van der Waals surface area (Å²) in [6.45, 7) is 7.62. The molecule has 2 fully saturated rings. The maximum absolute atomic E-state index is 12.8. The van der Waals surface area contributed by atoms with Crippen LogP contribution < -0.4 is 5.73 Å². The van der Waals surface area contributed by atoms with Crippen molar-refractivity contribution in [1.29, 1.82) is 0 Å². The minimum Gasteiger partial charge on any atom is -0.379 e. The zero-order valence-corrected chi connectivity index (χ0v) is 18.5. The number of rotatable bonds is 5. The van der Waals surface area contributed by atoms with Crippen LogP contribution in [-0.2, 0) is 14.3 Å². The summed E-state index contributed by atoms with van der Waals surface area (Å²) in [5.41, 5.74) is 7.27. The second-order valence-corrected chi connectivity index (χ2v) is 7.32. The average Bonchev–Trinajstić information content (AvgIpc) is 2.73. The number of carbonyl (C=O) groups excluding carboxylic acids is 2. The SMILES string of the molecule is CC(C(=O)N1CCN(C(=O)CN2CCOCC2)CC1)C(N)c1ccccc1.Cl.Cl. The van der Waals surface area contributed by atoms with Gasteiger partial charge in [-0.15, -0.1) is 24.8 Å². The van der Waals surface area contributed by atoms with Crippen LogP contribution in [0.5, 0.6) is 0 Å². The van der Waals surface area contributed by atoms with Crippen LogP contribution in [0.3, 0.4) is 0 Å². The Hall–Kier alpha value is -1.38. The van der Waals surface area contributed by atoms with Crippen molar-refractivity contribution in [2.24, 2.45) is 11.7 Å². The van der Waals surface area contributed by atoms with Crippen LogP contribution in [0.4, 0.5) is 0 Å². The van der Waals surface area contributed by atoms with Gasteiger partial charge in [-0.25, -0.2) is 0 Å². The van der Waals surface area contributed by atoms with Gasteiger partial charge >= 0.3 is 0 Å². The summed E-state index contributed by atoms with van der Waals surface area (Å²) in [6, 6.07) is 9.40. The molecule has 2 atom stereocenters. The predicted molar refractivity (Wildman–Crippen MR) is 117 cm³/mol. The van der Waals surface area contributed by atoms with Gasteiger partial charge in [0.15, 0.2) is 0 Å². The summed E-state index contributed by atoms with van der Waals surface area (Å²) in [6.07, 6.45) is 0. The standard InChI is InChI=1S/C20H30N4O3.2ClH/c1-16(19(21)17-5-3-2-4-6-17)20(26)24-9-7-23(8-10-24)18(25)15-22-11-13-27-14-12-22;;/h2-6,16,19H,7-15,21H2,1H3;2*1H. The maximum atomic E-state index is 12.8. The quantitative estimate of drug-likeness (QED) is 0.733. The molecule has 1 aromatic rings. The highest BCUT2D eigenvalue weighted by atomic mass is 35.5. The lowest BCUT2D eigenvalue weighted by Gasteiger charge is -2.38. The molecule has 0 aliphatic carbocycles. The predicted octanol–water partition coefficient (Wildman–Crippen LogP) is 1.17. The fraction of sp³-hybridized carbons (Fsp3) is 0.600. The van der Waals surface area contributed by atoms with Crippen LogP contribution in [-0.4, -0.2) is 85.5 Å². The molecule has 2 saturated heterocycles. The number of piperazine rings is 1. The molecule has 3 rings (SSSR count). The van der Waals surface area contributed by atoms with E-state index in [1.165, 1.54) is 0 Å². The summed E-state index contributed by atoms with van der Waals surface area (Å²) >= 11 is 0. The lowest BCUT2D eigenvalue weighted by atomic mass is 9.94. The number of amides is 2. The molecular formula is C20H32Cl2N4O3. The van der Waals surface area contributed by atoms with Crippen LogP contribution in [0.2, 0.25) is 0 Å². The minimum absolute atomic E-state index is 0. The van der Waals surface area contributed by atoms with Gasteiger partial charge in [-0.1, -0.05) is 37.3 Å². The number of carbonyl (C=O) groups is 2. The van der Waals surface area contributed by atoms with Gasteiger partial charge in [-0.05, 0) is 5.56 Å². The highest BCUT2D eigenvalue weighted by molar-refractivity contribution is 5.85. The molecule has 164 valence electrons. The van der Waals surface area contributed by atoms with Crippen LogP contribution in [0.25, 0.3) is 0 Å². The van der Waals surface area contributed by atoms with E-state index in [4.69, 9.17) is 10.5 Å². The lowest BCUT2D eigenvalue weighted by Crippen LogP contribution is -2.54. The summed E-state index contributed by atoms with van der Waals surface area (Å²) in [7, 11) is 0. The van der Waals surface area contributed by atoms with E-state index in [-0.39, 0.29) is 48.6 Å². The van der Waals surface area contributed by atoms with Gasteiger partial charge < -0.3 is 20.3 Å². The summed E-state index contributed by atoms with van der Waals surface area (Å²) in [5, 5.41) is 0. The van der Waals surface area contributed by atoms with Crippen molar-refractivity contribution in [2.45, 2.75) is 13.0 Å². The third-order valence-corrected chi connectivity index (χ3v) is 5.52. The zero-order valence-electron chi connectivity index (χ0n) is 16.9. The number of ether oxygens (including phenoxy) is 1. The molecule has 0 aromatic heterocycles. The molecule has 2 aliphatic rings. The Kier molecular flexibility index (Phi) is 10.9. The van der Waals surface area contributed by atoms with E-state index in [2.05, 4.69) is 4.90 Å². The van der Waals surface area contributed by atoms with E-state index in [0.717, 1.165) is 18.7 Å². The highest BCUT2D eigenvalue weighted by Crippen LogP contribution is 2.21. The Balaban J connectivity index is 0.00000210. The highest BCUT2D eigenvalue weighted by Gasteiger charge is 2.30. The van der Waals surface area contributed by atoms with E-state index in [1.807, 2.05) is 47.1 Å². The molecule has 2 amide bonds. The number of hydrogen-bond donors (Lipinski definition) is 1. The van der Waals surface area contributed by atoms with Crippen molar-refractivity contribution in [1.82, 2.24) is 14.7 Å². The van der Waals surface area contributed by atoms with Crippen LogP contribution in [0.1, 0.15) is 18.5 Å². The van der Waals surface area contributed by atoms with Gasteiger partial charge in [-0.2, -0.15) is 0 Å². The Morgan fingerprint density at radius 3 is 2.10 bits per heavy atom. The third-order valence-electron chi connectivity index (χ3n) is 5.52. The van der Waals surface area contributed by atoms with E-state index in [9.17, 15) is 9.59 Å². The first-order chi connectivity index (χ1) is 13.1. The lowest BCUT2D eigenvalue weighted by molar-refractivity contribution is -0.143. The Morgan fingerprint density at radius 1 is 0.966 bits per heavy atom. The fourth-order valence-electron chi connectivity index (χ4n) is 3.63. The number of nitrogens with zero attached hydrogens (tertiary/aromatic N) is 3. The molecule has 2 aliphatic heterocycles. The summed E-state index contributed by atoms with van der Waals surface area (Å²) in [4.78, 5) is 31.1. The van der Waals surface area contributed by atoms with Gasteiger partial charge in [0, 0.05) is 45.3 Å². The van der Waals surface area contributed by atoms with E-state index < -0.39 is 0 Å². The molecular weight excluding hydrogens is 415 g/mol. The smallest absolute Gasteiger partial charge is 0.236 e. The van der Waals surface area contributed by atoms with Crippen molar-refractivity contribution in [3.8, 4) is 0 Å². The van der Waals surface area contributed by atoms with Gasteiger partial charge in [0.1, 0.15) is 0 Å². The number of halogens is 2. The largest absolute Gasteiger partial charge is 0.379 e. The molecule has 7 nitrogen and oxygen atoms in total. The molecule has 9 heteroatoms. The van der Waals surface area contributed by atoms with Gasteiger partial charge in [0.05, 0.1) is 25.7 Å². The van der Waals surface area contributed by atoms with Crippen molar-refractivity contribution in [3.63, 3.8) is 0 Å².